The Balaban J connectivity index is 1.66. The number of nitrogens with zero attached hydrogens (tertiary/aromatic N) is 2. The maximum absolute atomic E-state index is 13.0. The number of aryl methyl sites for hydroxylation is 1. The summed E-state index contributed by atoms with van der Waals surface area (Å²) < 4.78 is 0.923. The summed E-state index contributed by atoms with van der Waals surface area (Å²) in [6.07, 6.45) is 2.27. The van der Waals surface area contributed by atoms with E-state index in [2.05, 4.69) is 33.0 Å². The third-order valence-electron chi connectivity index (χ3n) is 4.73. The summed E-state index contributed by atoms with van der Waals surface area (Å²) >= 11 is 3.38. The second-order valence-corrected chi connectivity index (χ2v) is 7.11. The molecular formula is C19H17BrN2O2. The lowest BCUT2D eigenvalue weighted by molar-refractivity contribution is -0.121. The Kier molecular flexibility index (Phi) is 3.88. The van der Waals surface area contributed by atoms with Gasteiger partial charge in [-0.25, -0.2) is 4.90 Å². The molecule has 0 spiro atoms. The lowest BCUT2D eigenvalue weighted by atomic mass is 9.99. The molecule has 0 radical (unpaired) electrons. The molecule has 0 bridgehead atoms. The molecule has 1 saturated heterocycles. The lowest BCUT2D eigenvalue weighted by Gasteiger charge is -2.34. The average molecular weight is 385 g/mol. The Hall–Kier alpha value is -2.14. The molecule has 5 heteroatoms. The fourth-order valence-electron chi connectivity index (χ4n) is 3.61. The van der Waals surface area contributed by atoms with Gasteiger partial charge in [0.2, 0.25) is 5.91 Å². The molecule has 2 aliphatic rings. The van der Waals surface area contributed by atoms with Crippen molar-refractivity contribution >= 4 is 39.1 Å². The number of amides is 2. The standard InChI is InChI=1S/C19H17BrN2O2/c20-14-7-9-15(10-8-14)22-18(23)12-17(19(22)24)21-11-3-5-13-4-1-2-6-16(13)21/h1-2,4,6-10,17H,3,5,11-12H2/t17-/m1/s1. The molecule has 24 heavy (non-hydrogen) atoms. The first kappa shape index (κ1) is 15.4. The first-order valence-electron chi connectivity index (χ1n) is 8.12. The van der Waals surface area contributed by atoms with E-state index >= 15 is 0 Å². The van der Waals surface area contributed by atoms with Crippen LogP contribution >= 0.6 is 15.9 Å². The minimum atomic E-state index is -0.400. The fraction of sp³-hybridized carbons (Fsp3) is 0.263. The number of rotatable bonds is 2. The van der Waals surface area contributed by atoms with E-state index in [4.69, 9.17) is 0 Å². The summed E-state index contributed by atoms with van der Waals surface area (Å²) in [5.74, 6) is -0.255. The Bertz CT molecular complexity index is 803. The van der Waals surface area contributed by atoms with Crippen LogP contribution in [0.1, 0.15) is 18.4 Å². The zero-order chi connectivity index (χ0) is 16.7. The van der Waals surface area contributed by atoms with Crippen molar-refractivity contribution in [2.75, 3.05) is 16.3 Å². The van der Waals surface area contributed by atoms with Crippen molar-refractivity contribution < 1.29 is 9.59 Å². The Morgan fingerprint density at radius 1 is 1.00 bits per heavy atom. The average Bonchev–Trinajstić information content (AvgIpc) is 2.90. The van der Waals surface area contributed by atoms with Crippen molar-refractivity contribution in [3.05, 3.63) is 58.6 Å². The maximum Gasteiger partial charge on any atom is 0.256 e. The molecule has 4 rings (SSSR count). The number of carbonyl (C=O) groups excluding carboxylic acids is 2. The number of imide groups is 1. The number of hydrogen-bond acceptors (Lipinski definition) is 3. The highest BCUT2D eigenvalue weighted by atomic mass is 79.9. The highest BCUT2D eigenvalue weighted by molar-refractivity contribution is 9.10. The van der Waals surface area contributed by atoms with Gasteiger partial charge in [0.15, 0.2) is 0 Å². The molecule has 2 aliphatic heterocycles. The van der Waals surface area contributed by atoms with E-state index in [1.165, 1.54) is 10.5 Å². The number of anilines is 2. The normalized spacial score (nSPS) is 20.5. The van der Waals surface area contributed by atoms with Gasteiger partial charge in [0, 0.05) is 16.7 Å². The fourth-order valence-corrected chi connectivity index (χ4v) is 3.87. The summed E-state index contributed by atoms with van der Waals surface area (Å²) in [5.41, 5.74) is 2.99. The molecule has 0 aromatic heterocycles. The number of benzene rings is 2. The molecule has 122 valence electrons. The number of carbonyl (C=O) groups is 2. The highest BCUT2D eigenvalue weighted by Gasteiger charge is 2.43. The van der Waals surface area contributed by atoms with Gasteiger partial charge in [-0.2, -0.15) is 0 Å². The van der Waals surface area contributed by atoms with Gasteiger partial charge >= 0.3 is 0 Å². The lowest BCUT2D eigenvalue weighted by Crippen LogP contribution is -2.44. The van der Waals surface area contributed by atoms with Crippen LogP contribution in [0.3, 0.4) is 0 Å². The van der Waals surface area contributed by atoms with Crippen molar-refractivity contribution in [1.29, 1.82) is 0 Å². The second kappa shape index (κ2) is 6.06. The molecule has 2 heterocycles. The van der Waals surface area contributed by atoms with Crippen molar-refractivity contribution in [3.63, 3.8) is 0 Å². The van der Waals surface area contributed by atoms with E-state index in [1.54, 1.807) is 12.1 Å². The molecule has 0 aliphatic carbocycles. The molecule has 0 unspecified atom stereocenters. The molecular weight excluding hydrogens is 368 g/mol. The predicted molar refractivity (Wildman–Crippen MR) is 97.1 cm³/mol. The molecule has 0 N–H and O–H groups in total. The molecule has 1 atom stereocenters. The summed E-state index contributed by atoms with van der Waals surface area (Å²) in [6, 6.07) is 15.1. The molecule has 2 aromatic carbocycles. The topological polar surface area (TPSA) is 40.6 Å². The summed E-state index contributed by atoms with van der Waals surface area (Å²) in [6.45, 7) is 0.814. The Morgan fingerprint density at radius 3 is 2.54 bits per heavy atom. The van der Waals surface area contributed by atoms with Gasteiger partial charge < -0.3 is 4.90 Å². The second-order valence-electron chi connectivity index (χ2n) is 6.19. The van der Waals surface area contributed by atoms with Crippen LogP contribution in [0.15, 0.2) is 53.0 Å². The van der Waals surface area contributed by atoms with Crippen molar-refractivity contribution in [1.82, 2.24) is 0 Å². The summed E-state index contributed by atoms with van der Waals surface area (Å²) in [5, 5.41) is 0. The van der Waals surface area contributed by atoms with Gasteiger partial charge in [0.05, 0.1) is 12.1 Å². The predicted octanol–water partition coefficient (Wildman–Crippen LogP) is 3.53. The minimum Gasteiger partial charge on any atom is -0.359 e. The van der Waals surface area contributed by atoms with Crippen LogP contribution in [-0.4, -0.2) is 24.4 Å². The SMILES string of the molecule is O=C1C[C@@H](N2CCCc3ccccc32)C(=O)N1c1ccc(Br)cc1. The zero-order valence-electron chi connectivity index (χ0n) is 13.1. The highest BCUT2D eigenvalue weighted by Crippen LogP contribution is 2.33. The van der Waals surface area contributed by atoms with Gasteiger partial charge in [-0.3, -0.25) is 9.59 Å². The van der Waals surface area contributed by atoms with Crippen molar-refractivity contribution in [2.24, 2.45) is 0 Å². The van der Waals surface area contributed by atoms with Crippen molar-refractivity contribution in [2.45, 2.75) is 25.3 Å². The first-order valence-corrected chi connectivity index (χ1v) is 8.91. The summed E-state index contributed by atoms with van der Waals surface area (Å²) in [4.78, 5) is 28.9. The number of halogens is 1. The summed E-state index contributed by atoms with van der Waals surface area (Å²) in [7, 11) is 0. The van der Waals surface area contributed by atoms with E-state index in [9.17, 15) is 9.59 Å². The van der Waals surface area contributed by atoms with E-state index < -0.39 is 6.04 Å². The van der Waals surface area contributed by atoms with Crippen LogP contribution in [-0.2, 0) is 16.0 Å². The Morgan fingerprint density at radius 2 is 1.75 bits per heavy atom. The minimum absolute atomic E-state index is 0.126. The zero-order valence-corrected chi connectivity index (χ0v) is 14.7. The van der Waals surface area contributed by atoms with Crippen molar-refractivity contribution in [3.8, 4) is 0 Å². The van der Waals surface area contributed by atoms with E-state index in [1.807, 2.05) is 24.3 Å². The van der Waals surface area contributed by atoms with E-state index in [0.717, 1.165) is 29.5 Å². The van der Waals surface area contributed by atoms with Gasteiger partial charge in [-0.15, -0.1) is 0 Å². The third-order valence-corrected chi connectivity index (χ3v) is 5.26. The quantitative estimate of drug-likeness (QED) is 0.743. The Labute approximate surface area is 149 Å². The molecule has 4 nitrogen and oxygen atoms in total. The number of para-hydroxylation sites is 1. The van der Waals surface area contributed by atoms with Crippen LogP contribution in [0.5, 0.6) is 0 Å². The largest absolute Gasteiger partial charge is 0.359 e. The monoisotopic (exact) mass is 384 g/mol. The molecule has 2 aromatic rings. The van der Waals surface area contributed by atoms with Gasteiger partial charge in [-0.1, -0.05) is 34.1 Å². The molecule has 2 amide bonds. The smallest absolute Gasteiger partial charge is 0.256 e. The van der Waals surface area contributed by atoms with Crippen LogP contribution in [0.2, 0.25) is 0 Å². The third kappa shape index (κ3) is 2.53. The van der Waals surface area contributed by atoms with Crippen LogP contribution < -0.4 is 9.80 Å². The van der Waals surface area contributed by atoms with Crippen LogP contribution in [0.4, 0.5) is 11.4 Å². The van der Waals surface area contributed by atoms with E-state index in [-0.39, 0.29) is 18.2 Å². The molecule has 0 saturated carbocycles. The van der Waals surface area contributed by atoms with E-state index in [0.29, 0.717) is 5.69 Å². The van der Waals surface area contributed by atoms with Crippen LogP contribution in [0, 0.1) is 0 Å². The van der Waals surface area contributed by atoms with Gasteiger partial charge in [0.25, 0.3) is 5.91 Å². The van der Waals surface area contributed by atoms with Crippen LogP contribution in [0.25, 0.3) is 0 Å². The molecule has 1 fully saturated rings. The number of fused-ring (bicyclic) bond motifs is 1. The van der Waals surface area contributed by atoms with Gasteiger partial charge in [-0.05, 0) is 48.7 Å². The number of hydrogen-bond donors (Lipinski definition) is 0. The maximum atomic E-state index is 13.0. The van der Waals surface area contributed by atoms with Gasteiger partial charge in [0.1, 0.15) is 6.04 Å². The first-order chi connectivity index (χ1) is 11.6.